The Morgan fingerprint density at radius 2 is 2.25 bits per heavy atom. The van der Waals surface area contributed by atoms with Gasteiger partial charge in [-0.15, -0.1) is 0 Å². The van der Waals surface area contributed by atoms with E-state index in [0.717, 1.165) is 0 Å². The van der Waals surface area contributed by atoms with E-state index in [9.17, 15) is 9.59 Å². The first-order chi connectivity index (χ1) is 9.49. The molecular weight excluding hydrogens is 280 g/mol. The van der Waals surface area contributed by atoms with Crippen LogP contribution in [0, 0.1) is 0 Å². The quantitative estimate of drug-likeness (QED) is 0.824. The first-order valence-electron chi connectivity index (χ1n) is 5.89. The van der Waals surface area contributed by atoms with Gasteiger partial charge in [-0.25, -0.2) is 4.98 Å². The SMILES string of the molecule is CC(NC(=O)/C=C/c1c(Cl)nc2ccccn12)C(N)=O. The van der Waals surface area contributed by atoms with Crippen molar-refractivity contribution in [1.29, 1.82) is 0 Å². The molecule has 104 valence electrons. The largest absolute Gasteiger partial charge is 0.368 e. The molecule has 2 aromatic rings. The Bertz CT molecular complexity index is 693. The fourth-order valence-electron chi connectivity index (χ4n) is 1.62. The maximum absolute atomic E-state index is 11.6. The number of nitrogens with zero attached hydrogens (tertiary/aromatic N) is 2. The van der Waals surface area contributed by atoms with Gasteiger partial charge in [0.05, 0.1) is 5.69 Å². The molecular formula is C13H13ClN4O2. The molecule has 0 saturated carbocycles. The Morgan fingerprint density at radius 3 is 2.95 bits per heavy atom. The summed E-state index contributed by atoms with van der Waals surface area (Å²) in [6.07, 6.45) is 4.60. The molecule has 1 unspecified atom stereocenters. The highest BCUT2D eigenvalue weighted by Gasteiger charge is 2.11. The topological polar surface area (TPSA) is 89.5 Å². The van der Waals surface area contributed by atoms with Gasteiger partial charge >= 0.3 is 0 Å². The lowest BCUT2D eigenvalue weighted by Crippen LogP contribution is -2.41. The van der Waals surface area contributed by atoms with Crippen LogP contribution in [0.3, 0.4) is 0 Å². The summed E-state index contributed by atoms with van der Waals surface area (Å²) in [6, 6.07) is 4.74. The van der Waals surface area contributed by atoms with E-state index in [1.807, 2.05) is 12.1 Å². The molecule has 0 bridgehead atoms. The van der Waals surface area contributed by atoms with Crippen LogP contribution in [0.1, 0.15) is 12.6 Å². The molecule has 0 radical (unpaired) electrons. The number of rotatable bonds is 4. The second kappa shape index (κ2) is 5.75. The summed E-state index contributed by atoms with van der Waals surface area (Å²) in [6.45, 7) is 1.51. The van der Waals surface area contributed by atoms with Crippen LogP contribution in [0.15, 0.2) is 30.5 Å². The third-order valence-corrected chi connectivity index (χ3v) is 2.98. The van der Waals surface area contributed by atoms with Crippen LogP contribution in [-0.2, 0) is 9.59 Å². The van der Waals surface area contributed by atoms with Crippen LogP contribution < -0.4 is 11.1 Å². The van der Waals surface area contributed by atoms with Gasteiger partial charge in [-0.1, -0.05) is 17.7 Å². The highest BCUT2D eigenvalue weighted by molar-refractivity contribution is 6.31. The van der Waals surface area contributed by atoms with Crippen LogP contribution in [0.4, 0.5) is 0 Å². The van der Waals surface area contributed by atoms with Crippen molar-refractivity contribution in [3.05, 3.63) is 41.3 Å². The summed E-state index contributed by atoms with van der Waals surface area (Å²) >= 11 is 6.02. The average Bonchev–Trinajstić information content (AvgIpc) is 2.71. The number of carbonyl (C=O) groups is 2. The van der Waals surface area contributed by atoms with Gasteiger partial charge in [-0.2, -0.15) is 0 Å². The fourth-order valence-corrected chi connectivity index (χ4v) is 1.86. The molecule has 20 heavy (non-hydrogen) atoms. The summed E-state index contributed by atoms with van der Waals surface area (Å²) in [7, 11) is 0. The van der Waals surface area contributed by atoms with E-state index in [0.29, 0.717) is 16.5 Å². The molecule has 6 nitrogen and oxygen atoms in total. The summed E-state index contributed by atoms with van der Waals surface area (Å²) < 4.78 is 1.75. The van der Waals surface area contributed by atoms with Crippen LogP contribution in [0.25, 0.3) is 11.7 Å². The van der Waals surface area contributed by atoms with E-state index in [4.69, 9.17) is 17.3 Å². The zero-order valence-corrected chi connectivity index (χ0v) is 11.5. The third-order valence-electron chi connectivity index (χ3n) is 2.70. The fraction of sp³-hybridized carbons (Fsp3) is 0.154. The number of nitrogens with one attached hydrogen (secondary N) is 1. The van der Waals surface area contributed by atoms with Crippen LogP contribution >= 0.6 is 11.6 Å². The summed E-state index contributed by atoms with van der Waals surface area (Å²) in [5.74, 6) is -1.03. The number of fused-ring (bicyclic) bond motifs is 1. The predicted molar refractivity (Wildman–Crippen MR) is 76.0 cm³/mol. The first-order valence-corrected chi connectivity index (χ1v) is 6.27. The molecule has 0 aliphatic heterocycles. The molecule has 0 aliphatic rings. The summed E-state index contributed by atoms with van der Waals surface area (Å²) in [5, 5.41) is 2.73. The number of primary amides is 1. The van der Waals surface area contributed by atoms with Gasteiger partial charge in [0.1, 0.15) is 11.7 Å². The molecule has 0 aliphatic carbocycles. The number of amides is 2. The zero-order chi connectivity index (χ0) is 14.7. The van der Waals surface area contributed by atoms with Gasteiger partial charge in [-0.3, -0.25) is 14.0 Å². The Kier molecular flexibility index (Phi) is 4.05. The molecule has 2 amide bonds. The Balaban J connectivity index is 2.19. The molecule has 1 atom stereocenters. The minimum Gasteiger partial charge on any atom is -0.368 e. The highest BCUT2D eigenvalue weighted by atomic mass is 35.5. The second-order valence-corrected chi connectivity index (χ2v) is 4.54. The van der Waals surface area contributed by atoms with E-state index >= 15 is 0 Å². The van der Waals surface area contributed by atoms with Crippen molar-refractivity contribution >= 4 is 35.1 Å². The lowest BCUT2D eigenvalue weighted by molar-refractivity contribution is -0.124. The standard InChI is InChI=1S/C13H13ClN4O2/c1-8(13(15)20)16-11(19)6-5-9-12(14)17-10-4-2-3-7-18(9)10/h2-8H,1H3,(H2,15,20)(H,16,19)/b6-5+. The van der Waals surface area contributed by atoms with Gasteiger partial charge in [0.2, 0.25) is 11.8 Å². The monoisotopic (exact) mass is 292 g/mol. The van der Waals surface area contributed by atoms with Crippen molar-refractivity contribution in [3.63, 3.8) is 0 Å². The van der Waals surface area contributed by atoms with E-state index in [-0.39, 0.29) is 0 Å². The minimum atomic E-state index is -0.732. The maximum Gasteiger partial charge on any atom is 0.244 e. The van der Waals surface area contributed by atoms with Crippen molar-refractivity contribution in [2.45, 2.75) is 13.0 Å². The molecule has 0 fully saturated rings. The Hall–Kier alpha value is -2.34. The number of aromatic nitrogens is 2. The van der Waals surface area contributed by atoms with Crippen molar-refractivity contribution in [3.8, 4) is 0 Å². The number of pyridine rings is 1. The second-order valence-electron chi connectivity index (χ2n) is 4.18. The number of hydrogen-bond acceptors (Lipinski definition) is 3. The summed E-state index contributed by atoms with van der Waals surface area (Å²) in [5.41, 5.74) is 6.33. The third kappa shape index (κ3) is 2.97. The lowest BCUT2D eigenvalue weighted by Gasteiger charge is -2.06. The van der Waals surface area contributed by atoms with E-state index in [1.54, 1.807) is 16.7 Å². The molecule has 2 heterocycles. The zero-order valence-electron chi connectivity index (χ0n) is 10.7. The van der Waals surface area contributed by atoms with Crippen LogP contribution in [-0.4, -0.2) is 27.2 Å². The number of carbonyl (C=O) groups excluding carboxylic acids is 2. The van der Waals surface area contributed by atoms with E-state index in [2.05, 4.69) is 10.3 Å². The van der Waals surface area contributed by atoms with Gasteiger partial charge in [-0.05, 0) is 25.1 Å². The summed E-state index contributed by atoms with van der Waals surface area (Å²) in [4.78, 5) is 26.6. The van der Waals surface area contributed by atoms with Gasteiger partial charge in [0.25, 0.3) is 0 Å². The van der Waals surface area contributed by atoms with Crippen LogP contribution in [0.2, 0.25) is 5.15 Å². The number of nitrogens with two attached hydrogens (primary N) is 1. The molecule has 0 aromatic carbocycles. The smallest absolute Gasteiger partial charge is 0.244 e. The van der Waals surface area contributed by atoms with Crippen LogP contribution in [0.5, 0.6) is 0 Å². The molecule has 2 rings (SSSR count). The van der Waals surface area contributed by atoms with Crippen molar-refractivity contribution < 1.29 is 9.59 Å². The molecule has 3 N–H and O–H groups in total. The van der Waals surface area contributed by atoms with E-state index < -0.39 is 17.9 Å². The maximum atomic E-state index is 11.6. The molecule has 2 aromatic heterocycles. The Labute approximate surface area is 120 Å². The van der Waals surface area contributed by atoms with Crippen molar-refractivity contribution in [2.24, 2.45) is 5.73 Å². The normalized spacial score (nSPS) is 12.7. The molecule has 0 saturated heterocycles. The van der Waals surface area contributed by atoms with Crippen molar-refractivity contribution in [2.75, 3.05) is 0 Å². The minimum absolute atomic E-state index is 0.295. The van der Waals surface area contributed by atoms with Gasteiger partial charge < -0.3 is 11.1 Å². The van der Waals surface area contributed by atoms with Crippen molar-refractivity contribution in [1.82, 2.24) is 14.7 Å². The number of halogens is 1. The van der Waals surface area contributed by atoms with Gasteiger partial charge in [0, 0.05) is 12.3 Å². The van der Waals surface area contributed by atoms with E-state index in [1.165, 1.54) is 19.1 Å². The highest BCUT2D eigenvalue weighted by Crippen LogP contribution is 2.18. The number of hydrogen-bond donors (Lipinski definition) is 2. The average molecular weight is 293 g/mol. The van der Waals surface area contributed by atoms with Gasteiger partial charge in [0.15, 0.2) is 5.15 Å². The lowest BCUT2D eigenvalue weighted by atomic mass is 10.3. The Morgan fingerprint density at radius 1 is 1.50 bits per heavy atom. The predicted octanol–water partition coefficient (Wildman–Crippen LogP) is 0.991. The molecule has 0 spiro atoms. The molecule has 7 heteroatoms. The first kappa shape index (κ1) is 14.1. The number of imidazole rings is 1.